The van der Waals surface area contributed by atoms with Crippen LogP contribution in [0.3, 0.4) is 0 Å². The molecule has 0 saturated heterocycles. The van der Waals surface area contributed by atoms with Crippen LogP contribution in [0.5, 0.6) is 0 Å². The van der Waals surface area contributed by atoms with E-state index in [2.05, 4.69) is 34.6 Å². The summed E-state index contributed by atoms with van der Waals surface area (Å²) in [5, 5.41) is 0. The van der Waals surface area contributed by atoms with Crippen molar-refractivity contribution in [3.8, 4) is 0 Å². The van der Waals surface area contributed by atoms with E-state index in [0.29, 0.717) is 5.41 Å². The molecule has 0 aromatic heterocycles. The maximum Gasteiger partial charge on any atom is -0.0380 e. The molecule has 0 atom stereocenters. The van der Waals surface area contributed by atoms with E-state index >= 15 is 0 Å². The molecule has 0 bridgehead atoms. The normalized spacial score (nSPS) is 25.4. The van der Waals surface area contributed by atoms with E-state index in [-0.39, 0.29) is 0 Å². The minimum Gasteiger partial charge on any atom is -0.0683 e. The van der Waals surface area contributed by atoms with Crippen LogP contribution in [0.4, 0.5) is 0 Å². The summed E-state index contributed by atoms with van der Waals surface area (Å²) in [6.07, 6.45) is 8.88. The molecule has 0 heterocycles. The monoisotopic (exact) mass is 240 g/mol. The first kappa shape index (κ1) is 17.0. The summed E-state index contributed by atoms with van der Waals surface area (Å²) < 4.78 is 0. The highest BCUT2D eigenvalue weighted by Gasteiger charge is 2.25. The zero-order valence-electron chi connectivity index (χ0n) is 13.5. The quantitative estimate of drug-likeness (QED) is 0.543. The van der Waals surface area contributed by atoms with Crippen molar-refractivity contribution >= 4 is 0 Å². The van der Waals surface area contributed by atoms with Crippen LogP contribution in [0.2, 0.25) is 0 Å². The lowest BCUT2D eigenvalue weighted by Gasteiger charge is -2.33. The Morgan fingerprint density at radius 3 is 1.65 bits per heavy atom. The van der Waals surface area contributed by atoms with Gasteiger partial charge in [0, 0.05) is 0 Å². The van der Waals surface area contributed by atoms with Crippen molar-refractivity contribution in [1.82, 2.24) is 0 Å². The van der Waals surface area contributed by atoms with Crippen molar-refractivity contribution in [3.05, 3.63) is 0 Å². The van der Waals surface area contributed by atoms with E-state index < -0.39 is 0 Å². The van der Waals surface area contributed by atoms with Crippen LogP contribution in [0.15, 0.2) is 0 Å². The van der Waals surface area contributed by atoms with Gasteiger partial charge in [-0.2, -0.15) is 0 Å². The van der Waals surface area contributed by atoms with Crippen molar-refractivity contribution in [1.29, 1.82) is 0 Å². The fourth-order valence-corrected chi connectivity index (χ4v) is 3.20. The molecule has 17 heavy (non-hydrogen) atoms. The van der Waals surface area contributed by atoms with Gasteiger partial charge in [0.25, 0.3) is 0 Å². The standard InChI is InChI=1S/C15H30.C2H6/c1-12(2)10-13-6-8-14(9-7-13)11-15(3,4)5;1-2/h12-14H,6-11H2,1-5H3;1-2H3. The molecule has 0 amide bonds. The largest absolute Gasteiger partial charge is 0.0683 e. The first-order valence-corrected chi connectivity index (χ1v) is 7.87. The van der Waals surface area contributed by atoms with Gasteiger partial charge in [-0.1, -0.05) is 74.1 Å². The van der Waals surface area contributed by atoms with E-state index in [1.165, 1.54) is 38.5 Å². The van der Waals surface area contributed by atoms with Crippen LogP contribution in [-0.4, -0.2) is 0 Å². The smallest absolute Gasteiger partial charge is 0.0380 e. The van der Waals surface area contributed by atoms with Gasteiger partial charge in [0.05, 0.1) is 0 Å². The van der Waals surface area contributed by atoms with Gasteiger partial charge in [0.1, 0.15) is 0 Å². The Bertz CT molecular complexity index is 165. The molecule has 1 fully saturated rings. The van der Waals surface area contributed by atoms with Crippen LogP contribution in [0.25, 0.3) is 0 Å². The first-order valence-electron chi connectivity index (χ1n) is 7.87. The maximum absolute atomic E-state index is 2.38. The zero-order valence-corrected chi connectivity index (χ0v) is 13.5. The van der Waals surface area contributed by atoms with Crippen LogP contribution in [0, 0.1) is 23.2 Å². The summed E-state index contributed by atoms with van der Waals surface area (Å²) in [7, 11) is 0. The van der Waals surface area contributed by atoms with Gasteiger partial charge >= 0.3 is 0 Å². The molecule has 1 rings (SSSR count). The van der Waals surface area contributed by atoms with Crippen LogP contribution in [0.1, 0.15) is 87.0 Å². The molecule has 0 aromatic rings. The molecule has 0 aliphatic heterocycles. The van der Waals surface area contributed by atoms with Crippen molar-refractivity contribution in [3.63, 3.8) is 0 Å². The molecule has 0 aromatic carbocycles. The second-order valence-electron chi connectivity index (χ2n) is 7.28. The lowest BCUT2D eigenvalue weighted by molar-refractivity contribution is 0.191. The highest BCUT2D eigenvalue weighted by atomic mass is 14.3. The SMILES string of the molecule is CC.CC(C)CC1CCC(CC(C)(C)C)CC1. The third kappa shape index (κ3) is 8.69. The molecule has 1 saturated carbocycles. The Balaban J connectivity index is 0.00000121. The molecular formula is C17H36. The Hall–Kier alpha value is 0. The molecule has 0 radical (unpaired) electrons. The first-order chi connectivity index (χ1) is 7.87. The van der Waals surface area contributed by atoms with Crippen LogP contribution in [-0.2, 0) is 0 Å². The van der Waals surface area contributed by atoms with Crippen LogP contribution >= 0.6 is 0 Å². The van der Waals surface area contributed by atoms with Crippen molar-refractivity contribution in [2.45, 2.75) is 87.0 Å². The molecule has 0 heteroatoms. The second-order valence-corrected chi connectivity index (χ2v) is 7.28. The van der Waals surface area contributed by atoms with E-state index in [1.54, 1.807) is 0 Å². The highest BCUT2D eigenvalue weighted by molar-refractivity contribution is 4.77. The van der Waals surface area contributed by atoms with Gasteiger partial charge in [0.2, 0.25) is 0 Å². The lowest BCUT2D eigenvalue weighted by atomic mass is 9.73. The van der Waals surface area contributed by atoms with Gasteiger partial charge < -0.3 is 0 Å². The molecular weight excluding hydrogens is 204 g/mol. The summed E-state index contributed by atoms with van der Waals surface area (Å²) in [5.41, 5.74) is 0.537. The summed E-state index contributed by atoms with van der Waals surface area (Å²) in [6.45, 7) is 15.9. The lowest BCUT2D eigenvalue weighted by Crippen LogP contribution is -2.20. The summed E-state index contributed by atoms with van der Waals surface area (Å²) >= 11 is 0. The molecule has 104 valence electrons. The molecule has 0 spiro atoms. The highest BCUT2D eigenvalue weighted by Crippen LogP contribution is 2.38. The van der Waals surface area contributed by atoms with Gasteiger partial charge in [-0.25, -0.2) is 0 Å². The molecule has 0 unspecified atom stereocenters. The van der Waals surface area contributed by atoms with E-state index in [4.69, 9.17) is 0 Å². The topological polar surface area (TPSA) is 0 Å². The van der Waals surface area contributed by atoms with Gasteiger partial charge in [-0.05, 0) is 36.0 Å². The average molecular weight is 240 g/mol. The summed E-state index contributed by atoms with van der Waals surface area (Å²) in [6, 6.07) is 0. The molecule has 0 N–H and O–H groups in total. The minimum atomic E-state index is 0.537. The van der Waals surface area contributed by atoms with E-state index in [1.807, 2.05) is 13.8 Å². The predicted molar refractivity (Wildman–Crippen MR) is 80.3 cm³/mol. The van der Waals surface area contributed by atoms with Gasteiger partial charge in [-0.3, -0.25) is 0 Å². The number of rotatable bonds is 3. The van der Waals surface area contributed by atoms with Crippen molar-refractivity contribution in [2.24, 2.45) is 23.2 Å². The minimum absolute atomic E-state index is 0.537. The molecule has 1 aliphatic carbocycles. The summed E-state index contributed by atoms with van der Waals surface area (Å²) in [5.74, 6) is 2.96. The number of hydrogen-bond acceptors (Lipinski definition) is 0. The summed E-state index contributed by atoms with van der Waals surface area (Å²) in [4.78, 5) is 0. The maximum atomic E-state index is 2.38. The second kappa shape index (κ2) is 8.16. The number of hydrogen-bond donors (Lipinski definition) is 0. The van der Waals surface area contributed by atoms with Crippen molar-refractivity contribution < 1.29 is 0 Å². The Labute approximate surface area is 111 Å². The fraction of sp³-hybridized carbons (Fsp3) is 1.00. The Kier molecular flexibility index (Phi) is 8.16. The average Bonchev–Trinajstić information content (AvgIpc) is 2.21. The zero-order chi connectivity index (χ0) is 13.5. The fourth-order valence-electron chi connectivity index (χ4n) is 3.20. The predicted octanol–water partition coefficient (Wildman–Crippen LogP) is 6.30. The van der Waals surface area contributed by atoms with Crippen molar-refractivity contribution in [2.75, 3.05) is 0 Å². The van der Waals surface area contributed by atoms with E-state index in [9.17, 15) is 0 Å². The van der Waals surface area contributed by atoms with Crippen LogP contribution < -0.4 is 0 Å². The third-order valence-corrected chi connectivity index (χ3v) is 3.67. The van der Waals surface area contributed by atoms with Gasteiger partial charge in [0.15, 0.2) is 0 Å². The third-order valence-electron chi connectivity index (χ3n) is 3.67. The molecule has 1 aliphatic rings. The van der Waals surface area contributed by atoms with Gasteiger partial charge in [-0.15, -0.1) is 0 Å². The molecule has 0 nitrogen and oxygen atoms in total. The Morgan fingerprint density at radius 2 is 1.29 bits per heavy atom. The Morgan fingerprint density at radius 1 is 0.882 bits per heavy atom. The van der Waals surface area contributed by atoms with E-state index in [0.717, 1.165) is 17.8 Å².